The number of amides is 1. The molecule has 0 atom stereocenters. The van der Waals surface area contributed by atoms with Crippen LogP contribution in [0.25, 0.3) is 22.7 Å². The third kappa shape index (κ3) is 3.53. The zero-order valence-electron chi connectivity index (χ0n) is 16.5. The van der Waals surface area contributed by atoms with Crippen molar-refractivity contribution in [1.29, 1.82) is 0 Å². The van der Waals surface area contributed by atoms with Crippen LogP contribution in [0.3, 0.4) is 0 Å². The van der Waals surface area contributed by atoms with Crippen molar-refractivity contribution in [1.82, 2.24) is 9.88 Å². The van der Waals surface area contributed by atoms with Gasteiger partial charge >= 0.3 is 6.09 Å². The summed E-state index contributed by atoms with van der Waals surface area (Å²) in [5.41, 5.74) is 2.69. The fraction of sp³-hybridized carbons (Fsp3) is 0.273. The fourth-order valence-electron chi connectivity index (χ4n) is 4.17. The lowest BCUT2D eigenvalue weighted by Crippen LogP contribution is -2.37. The van der Waals surface area contributed by atoms with E-state index in [0.29, 0.717) is 47.0 Å². The molecule has 1 saturated heterocycles. The predicted molar refractivity (Wildman–Crippen MR) is 116 cm³/mol. The predicted octanol–water partition coefficient (Wildman–Crippen LogP) is 5.71. The number of pyridine rings is 1. The summed E-state index contributed by atoms with van der Waals surface area (Å²) in [5.74, 6) is 1.12. The molecule has 1 amide bonds. The molecule has 1 fully saturated rings. The van der Waals surface area contributed by atoms with Crippen LogP contribution in [0.1, 0.15) is 29.7 Å². The Kier molecular flexibility index (Phi) is 4.86. The molecule has 3 aromatic rings. The summed E-state index contributed by atoms with van der Waals surface area (Å²) < 4.78 is 6.05. The first-order valence-corrected chi connectivity index (χ1v) is 10.4. The number of carboxylic acid groups (broad SMARTS) is 1. The average molecular weight is 439 g/mol. The molecule has 9 heteroatoms. The second-order valence-electron chi connectivity index (χ2n) is 7.74. The van der Waals surface area contributed by atoms with E-state index in [0.717, 1.165) is 24.0 Å². The highest BCUT2D eigenvalue weighted by Gasteiger charge is 2.26. The zero-order chi connectivity index (χ0) is 21.5. The zero-order valence-corrected chi connectivity index (χ0v) is 17.2. The van der Waals surface area contributed by atoms with E-state index >= 15 is 0 Å². The van der Waals surface area contributed by atoms with Crippen molar-refractivity contribution in [3.63, 3.8) is 0 Å². The molecule has 0 saturated carbocycles. The van der Waals surface area contributed by atoms with E-state index in [4.69, 9.17) is 21.1 Å². The number of likely N-dealkylation sites (tertiary alicyclic amines) is 1. The van der Waals surface area contributed by atoms with Crippen LogP contribution in [0.5, 0.6) is 5.75 Å². The second kappa shape index (κ2) is 7.70. The Morgan fingerprint density at radius 3 is 2.84 bits per heavy atom. The Balaban J connectivity index is 1.47. The van der Waals surface area contributed by atoms with Crippen LogP contribution in [0.15, 0.2) is 45.1 Å². The molecule has 2 aromatic heterocycles. The van der Waals surface area contributed by atoms with Gasteiger partial charge in [0.1, 0.15) is 11.3 Å². The summed E-state index contributed by atoms with van der Waals surface area (Å²) in [4.78, 5) is 16.8. The highest BCUT2D eigenvalue weighted by atomic mass is 35.5. The Morgan fingerprint density at radius 2 is 2.06 bits per heavy atom. The van der Waals surface area contributed by atoms with Gasteiger partial charge in [-0.2, -0.15) is 0 Å². The van der Waals surface area contributed by atoms with Crippen LogP contribution in [-0.2, 0) is 6.42 Å². The number of aromatic nitrogens is 1. The maximum absolute atomic E-state index is 11.1. The number of fused-ring (bicyclic) bond motifs is 2. The molecule has 2 N–H and O–H groups in total. The summed E-state index contributed by atoms with van der Waals surface area (Å²) in [6.07, 6.45) is 4.58. The molecule has 158 valence electrons. The molecule has 31 heavy (non-hydrogen) atoms. The lowest BCUT2D eigenvalue weighted by Gasteiger charge is -2.30. The first kappa shape index (κ1) is 19.6. The van der Waals surface area contributed by atoms with Crippen LogP contribution in [0, 0.1) is 5.92 Å². The molecule has 2 aliphatic heterocycles. The van der Waals surface area contributed by atoms with Crippen LogP contribution in [0.2, 0.25) is 5.02 Å². The highest BCUT2D eigenvalue weighted by Crippen LogP contribution is 2.41. The number of benzene rings is 1. The van der Waals surface area contributed by atoms with Gasteiger partial charge in [0.25, 0.3) is 0 Å². The number of rotatable bonds is 3. The average Bonchev–Trinajstić information content (AvgIpc) is 3.32. The van der Waals surface area contributed by atoms with Crippen molar-refractivity contribution < 1.29 is 19.4 Å². The van der Waals surface area contributed by atoms with E-state index in [-0.39, 0.29) is 17.4 Å². The minimum Gasteiger partial charge on any atom is -0.504 e. The topological polar surface area (TPSA) is 112 Å². The molecular weight excluding hydrogens is 420 g/mol. The van der Waals surface area contributed by atoms with Gasteiger partial charge in [-0.25, -0.2) is 9.78 Å². The molecule has 0 spiro atoms. The van der Waals surface area contributed by atoms with Gasteiger partial charge in [-0.05, 0) is 49.4 Å². The van der Waals surface area contributed by atoms with Crippen LogP contribution >= 0.6 is 11.6 Å². The van der Waals surface area contributed by atoms with Crippen molar-refractivity contribution >= 4 is 46.3 Å². The van der Waals surface area contributed by atoms with Crippen molar-refractivity contribution in [3.05, 3.63) is 52.4 Å². The van der Waals surface area contributed by atoms with Crippen molar-refractivity contribution in [2.24, 2.45) is 16.1 Å². The van der Waals surface area contributed by atoms with Crippen LogP contribution in [0.4, 0.5) is 10.6 Å². The van der Waals surface area contributed by atoms with Crippen LogP contribution in [-0.4, -0.2) is 39.3 Å². The number of piperidine rings is 1. The Bertz CT molecular complexity index is 1240. The van der Waals surface area contributed by atoms with Gasteiger partial charge in [0.05, 0.1) is 5.39 Å². The van der Waals surface area contributed by atoms with Gasteiger partial charge in [0.15, 0.2) is 17.3 Å². The van der Waals surface area contributed by atoms with E-state index in [2.05, 4.69) is 15.2 Å². The number of nitrogens with zero attached hydrogens (tertiary/aromatic N) is 4. The summed E-state index contributed by atoms with van der Waals surface area (Å²) in [5, 5.41) is 29.3. The molecule has 0 bridgehead atoms. The number of aromatic hydroxyl groups is 1. The van der Waals surface area contributed by atoms with Gasteiger partial charge < -0.3 is 19.5 Å². The Hall–Kier alpha value is -3.39. The molecule has 1 aromatic carbocycles. The lowest BCUT2D eigenvalue weighted by molar-refractivity contribution is 0.124. The van der Waals surface area contributed by atoms with E-state index in [1.807, 2.05) is 6.07 Å². The molecule has 8 nitrogen and oxygen atoms in total. The fourth-order valence-corrected chi connectivity index (χ4v) is 4.39. The largest absolute Gasteiger partial charge is 0.504 e. The number of furan rings is 1. The summed E-state index contributed by atoms with van der Waals surface area (Å²) in [6, 6.07) is 7.15. The lowest BCUT2D eigenvalue weighted by atomic mass is 9.89. The minimum absolute atomic E-state index is 0.0219. The SMILES string of the molecule is O=C(O)N1CCC(Cc2c(Cl)ccc3c(O)c(C=C4N=Nc5ncccc54)oc23)CC1. The molecule has 0 unspecified atom stereocenters. The van der Waals surface area contributed by atoms with Gasteiger partial charge in [-0.15, -0.1) is 10.2 Å². The van der Waals surface area contributed by atoms with E-state index in [9.17, 15) is 9.90 Å². The first-order valence-electron chi connectivity index (χ1n) is 10.0. The van der Waals surface area contributed by atoms with Gasteiger partial charge in [0.2, 0.25) is 0 Å². The number of halogens is 1. The van der Waals surface area contributed by atoms with Crippen molar-refractivity contribution in [2.45, 2.75) is 19.3 Å². The van der Waals surface area contributed by atoms with Crippen molar-refractivity contribution in [3.8, 4) is 5.75 Å². The molecule has 5 rings (SSSR count). The number of carbonyl (C=O) groups is 1. The van der Waals surface area contributed by atoms with E-state index in [1.54, 1.807) is 30.5 Å². The maximum atomic E-state index is 11.1. The van der Waals surface area contributed by atoms with Gasteiger partial charge in [-0.3, -0.25) is 0 Å². The van der Waals surface area contributed by atoms with Gasteiger partial charge in [-0.1, -0.05) is 11.6 Å². The quantitative estimate of drug-likeness (QED) is 0.543. The van der Waals surface area contributed by atoms with E-state index in [1.165, 1.54) is 4.90 Å². The first-order chi connectivity index (χ1) is 15.0. The Morgan fingerprint density at radius 1 is 1.26 bits per heavy atom. The monoisotopic (exact) mass is 438 g/mol. The normalized spacial score (nSPS) is 17.6. The molecular formula is C22H19ClN4O4. The van der Waals surface area contributed by atoms with E-state index < -0.39 is 6.09 Å². The molecule has 4 heterocycles. The number of hydrogen-bond donors (Lipinski definition) is 2. The second-order valence-corrected chi connectivity index (χ2v) is 8.15. The van der Waals surface area contributed by atoms with Crippen LogP contribution < -0.4 is 0 Å². The van der Waals surface area contributed by atoms with Gasteiger partial charge in [0, 0.05) is 41.5 Å². The number of hydrogen-bond acceptors (Lipinski definition) is 6. The highest BCUT2D eigenvalue weighted by molar-refractivity contribution is 6.32. The minimum atomic E-state index is -0.881. The third-order valence-corrected chi connectivity index (χ3v) is 6.22. The summed E-state index contributed by atoms with van der Waals surface area (Å²) in [6.45, 7) is 1.01. The summed E-state index contributed by atoms with van der Waals surface area (Å²) in [7, 11) is 0. The smallest absolute Gasteiger partial charge is 0.407 e. The molecule has 2 aliphatic rings. The standard InChI is InChI=1S/C22H19ClN4O4/c23-16-4-3-14-19(28)18(11-17-13-2-1-7-24-21(13)26-25-17)31-20(14)15(16)10-12-5-8-27(9-6-12)22(29)30/h1-4,7,11-12,28H,5-6,8-10H2,(H,29,30). The summed E-state index contributed by atoms with van der Waals surface area (Å²) >= 11 is 6.50. The molecule has 0 radical (unpaired) electrons. The van der Waals surface area contributed by atoms with Crippen molar-refractivity contribution in [2.75, 3.05) is 13.1 Å². The molecule has 0 aliphatic carbocycles. The number of azo groups is 1. The third-order valence-electron chi connectivity index (χ3n) is 5.86. The maximum Gasteiger partial charge on any atom is 0.407 e. The Labute approximate surface area is 182 Å².